The smallest absolute Gasteiger partial charge is 0.410 e. The molecular weight excluding hydrogens is 192 g/mol. The number of nitrogens with one attached hydrogen (secondary N) is 1. The molecule has 0 aromatic carbocycles. The summed E-state index contributed by atoms with van der Waals surface area (Å²) in [5.74, 6) is 0. The van der Waals surface area contributed by atoms with Crippen molar-refractivity contribution in [2.24, 2.45) is 0 Å². The van der Waals surface area contributed by atoms with Crippen molar-refractivity contribution in [3.05, 3.63) is 0 Å². The van der Waals surface area contributed by atoms with Crippen LogP contribution in [0.15, 0.2) is 0 Å². The summed E-state index contributed by atoms with van der Waals surface area (Å²) >= 11 is 0. The highest BCUT2D eigenvalue weighted by Crippen LogP contribution is 2.31. The molecule has 1 spiro atoms. The summed E-state index contributed by atoms with van der Waals surface area (Å²) in [6.45, 7) is 5.72. The number of hydrogen-bond donors (Lipinski definition) is 1. The minimum Gasteiger partial charge on any atom is -0.441 e. The second-order valence-corrected chi connectivity index (χ2v) is 4.58. The van der Waals surface area contributed by atoms with Crippen molar-refractivity contribution in [1.29, 1.82) is 0 Å². The van der Waals surface area contributed by atoms with Gasteiger partial charge in [-0.15, -0.1) is 0 Å². The molecular formula is C11H20N2O2. The molecule has 2 fully saturated rings. The zero-order chi connectivity index (χ0) is 10.7. The van der Waals surface area contributed by atoms with E-state index in [-0.39, 0.29) is 11.7 Å². The first kappa shape index (κ1) is 10.7. The Morgan fingerprint density at radius 1 is 1.47 bits per heavy atom. The average molecular weight is 212 g/mol. The number of hydrogen-bond acceptors (Lipinski definition) is 3. The van der Waals surface area contributed by atoms with E-state index in [4.69, 9.17) is 4.74 Å². The predicted octanol–water partition coefficient (Wildman–Crippen LogP) is 1.36. The highest BCUT2D eigenvalue weighted by atomic mass is 16.6. The summed E-state index contributed by atoms with van der Waals surface area (Å²) in [5.41, 5.74) is -0.185. The molecule has 0 bridgehead atoms. The van der Waals surface area contributed by atoms with Crippen LogP contribution in [0.3, 0.4) is 0 Å². The zero-order valence-electron chi connectivity index (χ0n) is 9.42. The van der Waals surface area contributed by atoms with Gasteiger partial charge in [-0.25, -0.2) is 4.79 Å². The summed E-state index contributed by atoms with van der Waals surface area (Å²) in [5, 5.41) is 3.35. The van der Waals surface area contributed by atoms with Crippen LogP contribution in [-0.4, -0.2) is 42.8 Å². The Bertz CT molecular complexity index is 235. The molecule has 0 radical (unpaired) electrons. The summed E-state index contributed by atoms with van der Waals surface area (Å²) < 4.78 is 5.58. The average Bonchev–Trinajstić information content (AvgIpc) is 2.38. The number of carbonyl (C=O) groups excluding carboxylic acids is 1. The third-order valence-electron chi connectivity index (χ3n) is 3.28. The molecule has 86 valence electrons. The molecule has 2 heterocycles. The van der Waals surface area contributed by atoms with Crippen LogP contribution >= 0.6 is 0 Å². The predicted molar refractivity (Wildman–Crippen MR) is 57.8 cm³/mol. The molecule has 2 aliphatic rings. The van der Waals surface area contributed by atoms with Gasteiger partial charge in [0.1, 0.15) is 5.60 Å². The standard InChI is InChI=1S/C11H20N2O2/c1-2-8-13-9-11(15-10(13)14)4-3-6-12-7-5-11/h12H,2-9H2,1H3. The first-order chi connectivity index (χ1) is 7.26. The summed E-state index contributed by atoms with van der Waals surface area (Å²) in [7, 11) is 0. The van der Waals surface area contributed by atoms with Crippen LogP contribution in [0.25, 0.3) is 0 Å². The van der Waals surface area contributed by atoms with Crippen LogP contribution < -0.4 is 5.32 Å². The van der Waals surface area contributed by atoms with Crippen molar-refractivity contribution in [1.82, 2.24) is 10.2 Å². The topological polar surface area (TPSA) is 41.6 Å². The van der Waals surface area contributed by atoms with E-state index in [1.807, 2.05) is 4.90 Å². The van der Waals surface area contributed by atoms with Crippen LogP contribution in [0.5, 0.6) is 0 Å². The van der Waals surface area contributed by atoms with Gasteiger partial charge in [0.05, 0.1) is 6.54 Å². The normalized spacial score (nSPS) is 31.8. The fourth-order valence-corrected chi connectivity index (χ4v) is 2.50. The lowest BCUT2D eigenvalue weighted by molar-refractivity contribution is 0.0470. The van der Waals surface area contributed by atoms with Crippen LogP contribution in [0, 0.1) is 0 Å². The van der Waals surface area contributed by atoms with Gasteiger partial charge in [-0.3, -0.25) is 0 Å². The van der Waals surface area contributed by atoms with E-state index in [1.54, 1.807) is 0 Å². The fraction of sp³-hybridized carbons (Fsp3) is 0.909. The lowest BCUT2D eigenvalue weighted by atomic mass is 9.95. The van der Waals surface area contributed by atoms with E-state index >= 15 is 0 Å². The van der Waals surface area contributed by atoms with Gasteiger partial charge in [-0.2, -0.15) is 0 Å². The Morgan fingerprint density at radius 3 is 3.13 bits per heavy atom. The van der Waals surface area contributed by atoms with Crippen molar-refractivity contribution in [3.63, 3.8) is 0 Å². The molecule has 1 N–H and O–H groups in total. The summed E-state index contributed by atoms with van der Waals surface area (Å²) in [6, 6.07) is 0. The Hall–Kier alpha value is -0.770. The SMILES string of the molecule is CCCN1CC2(CCCNCC2)OC1=O. The molecule has 0 aromatic heterocycles. The van der Waals surface area contributed by atoms with Crippen molar-refractivity contribution in [3.8, 4) is 0 Å². The van der Waals surface area contributed by atoms with E-state index in [1.165, 1.54) is 0 Å². The zero-order valence-corrected chi connectivity index (χ0v) is 9.42. The Balaban J connectivity index is 2.01. The molecule has 2 aliphatic heterocycles. The van der Waals surface area contributed by atoms with Crippen LogP contribution in [0.2, 0.25) is 0 Å². The number of carbonyl (C=O) groups is 1. The van der Waals surface area contributed by atoms with Gasteiger partial charge in [0.25, 0.3) is 0 Å². The van der Waals surface area contributed by atoms with Crippen LogP contribution in [0.4, 0.5) is 4.79 Å². The maximum absolute atomic E-state index is 11.6. The maximum Gasteiger partial charge on any atom is 0.410 e. The number of rotatable bonds is 2. The van der Waals surface area contributed by atoms with Gasteiger partial charge in [-0.05, 0) is 32.4 Å². The second kappa shape index (κ2) is 4.39. The highest BCUT2D eigenvalue weighted by Gasteiger charge is 2.44. The Kier molecular flexibility index (Phi) is 3.14. The van der Waals surface area contributed by atoms with Gasteiger partial charge in [0, 0.05) is 13.0 Å². The van der Waals surface area contributed by atoms with Crippen molar-refractivity contribution in [2.75, 3.05) is 26.2 Å². The van der Waals surface area contributed by atoms with Crippen LogP contribution in [-0.2, 0) is 4.74 Å². The van der Waals surface area contributed by atoms with E-state index in [2.05, 4.69) is 12.2 Å². The lowest BCUT2D eigenvalue weighted by Crippen LogP contribution is -2.35. The molecule has 0 aliphatic carbocycles. The van der Waals surface area contributed by atoms with E-state index < -0.39 is 0 Å². The van der Waals surface area contributed by atoms with Crippen LogP contribution in [0.1, 0.15) is 32.6 Å². The molecule has 2 saturated heterocycles. The second-order valence-electron chi connectivity index (χ2n) is 4.58. The van der Waals surface area contributed by atoms with Crippen molar-refractivity contribution < 1.29 is 9.53 Å². The quantitative estimate of drug-likeness (QED) is 0.751. The minimum atomic E-state index is -0.185. The van der Waals surface area contributed by atoms with Gasteiger partial charge < -0.3 is 15.0 Å². The van der Waals surface area contributed by atoms with E-state index in [9.17, 15) is 4.79 Å². The third-order valence-corrected chi connectivity index (χ3v) is 3.28. The first-order valence-corrected chi connectivity index (χ1v) is 5.94. The van der Waals surface area contributed by atoms with Crippen molar-refractivity contribution >= 4 is 6.09 Å². The molecule has 2 rings (SSSR count). The molecule has 4 heteroatoms. The maximum atomic E-state index is 11.6. The molecule has 15 heavy (non-hydrogen) atoms. The summed E-state index contributed by atoms with van der Waals surface area (Å²) in [4.78, 5) is 13.5. The highest BCUT2D eigenvalue weighted by molar-refractivity contribution is 5.70. The Morgan fingerprint density at radius 2 is 2.33 bits per heavy atom. The molecule has 1 unspecified atom stereocenters. The number of amides is 1. The number of nitrogens with zero attached hydrogens (tertiary/aromatic N) is 1. The minimum absolute atomic E-state index is 0.112. The monoisotopic (exact) mass is 212 g/mol. The van der Waals surface area contributed by atoms with E-state index in [0.717, 1.165) is 51.9 Å². The third kappa shape index (κ3) is 2.25. The van der Waals surface area contributed by atoms with Gasteiger partial charge in [0.15, 0.2) is 0 Å². The Labute approximate surface area is 91.0 Å². The van der Waals surface area contributed by atoms with E-state index in [0.29, 0.717) is 0 Å². The fourth-order valence-electron chi connectivity index (χ4n) is 2.50. The van der Waals surface area contributed by atoms with Gasteiger partial charge >= 0.3 is 6.09 Å². The van der Waals surface area contributed by atoms with Gasteiger partial charge in [-0.1, -0.05) is 6.92 Å². The summed E-state index contributed by atoms with van der Waals surface area (Å²) in [6.07, 6.45) is 3.96. The molecule has 1 atom stereocenters. The molecule has 0 saturated carbocycles. The largest absolute Gasteiger partial charge is 0.441 e. The molecule has 4 nitrogen and oxygen atoms in total. The number of ether oxygens (including phenoxy) is 1. The van der Waals surface area contributed by atoms with Gasteiger partial charge in [0.2, 0.25) is 0 Å². The lowest BCUT2D eigenvalue weighted by Gasteiger charge is -2.24. The first-order valence-electron chi connectivity index (χ1n) is 5.94. The molecule has 1 amide bonds. The molecule has 0 aromatic rings. The van der Waals surface area contributed by atoms with Crippen molar-refractivity contribution in [2.45, 2.75) is 38.2 Å².